The Morgan fingerprint density at radius 3 is 2.96 bits per heavy atom. The van der Waals surface area contributed by atoms with Gasteiger partial charge in [-0.05, 0) is 36.8 Å². The highest BCUT2D eigenvalue weighted by molar-refractivity contribution is 5.86. The molecule has 0 atom stereocenters. The van der Waals surface area contributed by atoms with Crippen molar-refractivity contribution in [3.63, 3.8) is 0 Å². The van der Waals surface area contributed by atoms with Crippen LogP contribution in [0.4, 0.5) is 0 Å². The smallest absolute Gasteiger partial charge is 0.226 e. The van der Waals surface area contributed by atoms with Crippen molar-refractivity contribution in [1.82, 2.24) is 10.5 Å². The van der Waals surface area contributed by atoms with Gasteiger partial charge in [-0.3, -0.25) is 4.79 Å². The SMILES string of the molecule is CCOc1cccc(CNC(=O)Cc2noc3ccccc23)c1. The summed E-state index contributed by atoms with van der Waals surface area (Å²) in [4.78, 5) is 12.1. The molecule has 0 spiro atoms. The second-order valence-corrected chi connectivity index (χ2v) is 5.16. The summed E-state index contributed by atoms with van der Waals surface area (Å²) in [5.74, 6) is 0.715. The number of nitrogens with zero attached hydrogens (tertiary/aromatic N) is 1. The van der Waals surface area contributed by atoms with E-state index in [0.29, 0.717) is 24.4 Å². The first-order chi connectivity index (χ1) is 11.3. The number of rotatable bonds is 6. The van der Waals surface area contributed by atoms with Crippen molar-refractivity contribution in [2.75, 3.05) is 6.61 Å². The average Bonchev–Trinajstić information content (AvgIpc) is 2.97. The molecule has 0 aliphatic heterocycles. The monoisotopic (exact) mass is 310 g/mol. The van der Waals surface area contributed by atoms with Crippen molar-refractivity contribution in [3.05, 3.63) is 59.8 Å². The summed E-state index contributed by atoms with van der Waals surface area (Å²) in [5.41, 5.74) is 2.34. The molecule has 0 bridgehead atoms. The molecule has 1 aromatic heterocycles. The van der Waals surface area contributed by atoms with E-state index < -0.39 is 0 Å². The Bertz CT molecular complexity index is 811. The zero-order valence-electron chi connectivity index (χ0n) is 12.9. The number of carbonyl (C=O) groups excluding carboxylic acids is 1. The summed E-state index contributed by atoms with van der Waals surface area (Å²) < 4.78 is 10.7. The molecule has 1 N–H and O–H groups in total. The van der Waals surface area contributed by atoms with Crippen LogP contribution in [0.15, 0.2) is 53.1 Å². The van der Waals surface area contributed by atoms with Crippen LogP contribution in [0.1, 0.15) is 18.2 Å². The Balaban J connectivity index is 1.60. The van der Waals surface area contributed by atoms with E-state index in [4.69, 9.17) is 9.26 Å². The molecule has 23 heavy (non-hydrogen) atoms. The molecule has 1 heterocycles. The lowest BCUT2D eigenvalue weighted by Crippen LogP contribution is -2.24. The van der Waals surface area contributed by atoms with Gasteiger partial charge in [-0.25, -0.2) is 0 Å². The Labute approximate surface area is 134 Å². The Kier molecular flexibility index (Phi) is 4.57. The number of aromatic nitrogens is 1. The maximum Gasteiger partial charge on any atom is 0.226 e. The van der Waals surface area contributed by atoms with E-state index in [-0.39, 0.29) is 12.3 Å². The van der Waals surface area contributed by atoms with Crippen LogP contribution in [-0.4, -0.2) is 17.7 Å². The van der Waals surface area contributed by atoms with Crippen LogP contribution in [0, 0.1) is 0 Å². The number of amides is 1. The lowest BCUT2D eigenvalue weighted by Gasteiger charge is -2.07. The largest absolute Gasteiger partial charge is 0.494 e. The lowest BCUT2D eigenvalue weighted by atomic mass is 10.1. The Morgan fingerprint density at radius 1 is 1.22 bits per heavy atom. The average molecular weight is 310 g/mol. The number of hydrogen-bond acceptors (Lipinski definition) is 4. The van der Waals surface area contributed by atoms with E-state index in [9.17, 15) is 4.79 Å². The van der Waals surface area contributed by atoms with Crippen LogP contribution in [-0.2, 0) is 17.8 Å². The van der Waals surface area contributed by atoms with Gasteiger partial charge in [-0.2, -0.15) is 0 Å². The van der Waals surface area contributed by atoms with E-state index >= 15 is 0 Å². The molecule has 0 fully saturated rings. The topological polar surface area (TPSA) is 64.4 Å². The second-order valence-electron chi connectivity index (χ2n) is 5.16. The molecule has 0 unspecified atom stereocenters. The first-order valence-corrected chi connectivity index (χ1v) is 7.58. The summed E-state index contributed by atoms with van der Waals surface area (Å²) in [6.07, 6.45) is 0.197. The maximum atomic E-state index is 12.1. The van der Waals surface area contributed by atoms with E-state index in [0.717, 1.165) is 16.7 Å². The van der Waals surface area contributed by atoms with Crippen LogP contribution in [0.25, 0.3) is 11.0 Å². The van der Waals surface area contributed by atoms with Crippen LogP contribution in [0.2, 0.25) is 0 Å². The van der Waals surface area contributed by atoms with Gasteiger partial charge < -0.3 is 14.6 Å². The standard InChI is InChI=1S/C18H18N2O3/c1-2-22-14-7-5-6-13(10-14)12-19-18(21)11-16-15-8-3-4-9-17(15)23-20-16/h3-10H,2,11-12H2,1H3,(H,19,21). The lowest BCUT2D eigenvalue weighted by molar-refractivity contribution is -0.120. The quantitative estimate of drug-likeness (QED) is 0.760. The zero-order chi connectivity index (χ0) is 16.1. The molecule has 2 aromatic carbocycles. The Hall–Kier alpha value is -2.82. The number of ether oxygens (including phenoxy) is 1. The molecule has 118 valence electrons. The fourth-order valence-corrected chi connectivity index (χ4v) is 2.39. The van der Waals surface area contributed by atoms with Gasteiger partial charge in [0.05, 0.1) is 13.0 Å². The summed E-state index contributed by atoms with van der Waals surface area (Å²) in [7, 11) is 0. The molecule has 0 saturated carbocycles. The van der Waals surface area contributed by atoms with Crippen molar-refractivity contribution >= 4 is 16.9 Å². The third kappa shape index (κ3) is 3.69. The summed E-state index contributed by atoms with van der Waals surface area (Å²) >= 11 is 0. The van der Waals surface area contributed by atoms with Crippen molar-refractivity contribution in [3.8, 4) is 5.75 Å². The number of fused-ring (bicyclic) bond motifs is 1. The third-order valence-electron chi connectivity index (χ3n) is 3.48. The summed E-state index contributed by atoms with van der Waals surface area (Å²) in [6.45, 7) is 3.02. The van der Waals surface area contributed by atoms with Gasteiger partial charge in [0.2, 0.25) is 5.91 Å². The predicted octanol–water partition coefficient (Wildman–Crippen LogP) is 3.09. The van der Waals surface area contributed by atoms with Crippen molar-refractivity contribution in [2.45, 2.75) is 19.9 Å². The van der Waals surface area contributed by atoms with Gasteiger partial charge in [-0.1, -0.05) is 29.4 Å². The highest BCUT2D eigenvalue weighted by atomic mass is 16.5. The van der Waals surface area contributed by atoms with Crippen LogP contribution < -0.4 is 10.1 Å². The summed E-state index contributed by atoms with van der Waals surface area (Å²) in [6, 6.07) is 15.2. The number of carbonyl (C=O) groups is 1. The normalized spacial score (nSPS) is 10.7. The van der Waals surface area contributed by atoms with E-state index in [1.807, 2.05) is 55.5 Å². The molecule has 0 saturated heterocycles. The van der Waals surface area contributed by atoms with Crippen molar-refractivity contribution in [1.29, 1.82) is 0 Å². The maximum absolute atomic E-state index is 12.1. The second kappa shape index (κ2) is 6.96. The molecule has 0 aliphatic carbocycles. The highest BCUT2D eigenvalue weighted by Gasteiger charge is 2.11. The van der Waals surface area contributed by atoms with Gasteiger partial charge in [0.15, 0.2) is 5.58 Å². The predicted molar refractivity (Wildman–Crippen MR) is 87.2 cm³/mol. The molecule has 1 amide bonds. The molecular weight excluding hydrogens is 292 g/mol. The highest BCUT2D eigenvalue weighted by Crippen LogP contribution is 2.18. The van der Waals surface area contributed by atoms with E-state index in [1.165, 1.54) is 0 Å². The van der Waals surface area contributed by atoms with Crippen LogP contribution >= 0.6 is 0 Å². The first kappa shape index (κ1) is 15.1. The van der Waals surface area contributed by atoms with Gasteiger partial charge in [-0.15, -0.1) is 0 Å². The third-order valence-corrected chi connectivity index (χ3v) is 3.48. The molecule has 3 rings (SSSR count). The van der Waals surface area contributed by atoms with Crippen LogP contribution in [0.5, 0.6) is 5.75 Å². The van der Waals surface area contributed by atoms with Gasteiger partial charge in [0.25, 0.3) is 0 Å². The van der Waals surface area contributed by atoms with Crippen molar-refractivity contribution < 1.29 is 14.1 Å². The fourth-order valence-electron chi connectivity index (χ4n) is 2.39. The zero-order valence-corrected chi connectivity index (χ0v) is 12.9. The molecule has 0 aliphatic rings. The van der Waals surface area contributed by atoms with E-state index in [1.54, 1.807) is 0 Å². The first-order valence-electron chi connectivity index (χ1n) is 7.58. The number of hydrogen-bond donors (Lipinski definition) is 1. The van der Waals surface area contributed by atoms with Crippen LogP contribution in [0.3, 0.4) is 0 Å². The molecule has 3 aromatic rings. The summed E-state index contributed by atoms with van der Waals surface area (Å²) in [5, 5.41) is 7.74. The minimum absolute atomic E-state index is 0.0918. The Morgan fingerprint density at radius 2 is 2.09 bits per heavy atom. The molecule has 5 heteroatoms. The number of para-hydroxylation sites is 1. The minimum Gasteiger partial charge on any atom is -0.494 e. The molecular formula is C18H18N2O3. The molecule has 0 radical (unpaired) electrons. The fraction of sp³-hybridized carbons (Fsp3) is 0.222. The van der Waals surface area contributed by atoms with Gasteiger partial charge >= 0.3 is 0 Å². The van der Waals surface area contributed by atoms with Crippen molar-refractivity contribution in [2.24, 2.45) is 0 Å². The minimum atomic E-state index is -0.0918. The van der Waals surface area contributed by atoms with E-state index in [2.05, 4.69) is 10.5 Å². The number of benzene rings is 2. The number of nitrogens with one attached hydrogen (secondary N) is 1. The molecule has 5 nitrogen and oxygen atoms in total. The van der Waals surface area contributed by atoms with Gasteiger partial charge in [0, 0.05) is 11.9 Å². The van der Waals surface area contributed by atoms with Gasteiger partial charge in [0.1, 0.15) is 11.4 Å².